The Hall–Kier alpha value is -0.730. The van der Waals surface area contributed by atoms with Gasteiger partial charge in [0.15, 0.2) is 0 Å². The van der Waals surface area contributed by atoms with Crippen LogP contribution in [-0.2, 0) is 6.54 Å². The molecule has 1 aromatic rings. The second kappa shape index (κ2) is 6.27. The summed E-state index contributed by atoms with van der Waals surface area (Å²) in [6, 6.07) is 5.84. The summed E-state index contributed by atoms with van der Waals surface area (Å²) in [4.78, 5) is 0. The maximum atomic E-state index is 6.00. The van der Waals surface area contributed by atoms with Gasteiger partial charge in [0, 0.05) is 17.1 Å². The standard InChI is InChI=1S/C14H20ClNO/c1-16-9-12-8-13(15)6-7-14(12)17-10-11-4-2-3-5-11/h6-8,11,16H,2-5,9-10H2,1H3. The molecule has 0 spiro atoms. The van der Waals surface area contributed by atoms with Gasteiger partial charge in [-0.2, -0.15) is 0 Å². The van der Waals surface area contributed by atoms with E-state index in [0.29, 0.717) is 0 Å². The lowest BCUT2D eigenvalue weighted by molar-refractivity contribution is 0.249. The molecular weight excluding hydrogens is 234 g/mol. The van der Waals surface area contributed by atoms with Crippen LogP contribution in [0.25, 0.3) is 0 Å². The number of hydrogen-bond acceptors (Lipinski definition) is 2. The predicted molar refractivity (Wildman–Crippen MR) is 71.7 cm³/mol. The van der Waals surface area contributed by atoms with Crippen LogP contribution in [0, 0.1) is 5.92 Å². The van der Waals surface area contributed by atoms with E-state index in [-0.39, 0.29) is 0 Å². The molecule has 1 aliphatic rings. The number of hydrogen-bond donors (Lipinski definition) is 1. The van der Waals surface area contributed by atoms with Gasteiger partial charge in [0.05, 0.1) is 6.61 Å². The number of rotatable bonds is 5. The van der Waals surface area contributed by atoms with Crippen LogP contribution in [0.15, 0.2) is 18.2 Å². The largest absolute Gasteiger partial charge is 0.493 e. The Morgan fingerprint density at radius 1 is 1.35 bits per heavy atom. The lowest BCUT2D eigenvalue weighted by Crippen LogP contribution is -2.11. The molecule has 94 valence electrons. The van der Waals surface area contributed by atoms with Crippen molar-refractivity contribution in [3.8, 4) is 5.75 Å². The van der Waals surface area contributed by atoms with Crippen molar-refractivity contribution in [3.05, 3.63) is 28.8 Å². The Balaban J connectivity index is 1.98. The Bertz CT molecular complexity index is 361. The highest BCUT2D eigenvalue weighted by molar-refractivity contribution is 6.30. The van der Waals surface area contributed by atoms with Crippen molar-refractivity contribution in [1.29, 1.82) is 0 Å². The fraction of sp³-hybridized carbons (Fsp3) is 0.571. The van der Waals surface area contributed by atoms with E-state index < -0.39 is 0 Å². The van der Waals surface area contributed by atoms with Gasteiger partial charge in [0.25, 0.3) is 0 Å². The highest BCUT2D eigenvalue weighted by Gasteiger charge is 2.16. The molecule has 0 aromatic heterocycles. The van der Waals surface area contributed by atoms with Gasteiger partial charge in [-0.05, 0) is 44.0 Å². The minimum absolute atomic E-state index is 0.744. The van der Waals surface area contributed by atoms with Crippen molar-refractivity contribution < 1.29 is 4.74 Å². The number of ether oxygens (including phenoxy) is 1. The van der Waals surface area contributed by atoms with Crippen molar-refractivity contribution in [2.24, 2.45) is 5.92 Å². The van der Waals surface area contributed by atoms with E-state index in [4.69, 9.17) is 16.3 Å². The fourth-order valence-electron chi connectivity index (χ4n) is 2.40. The highest BCUT2D eigenvalue weighted by Crippen LogP contribution is 2.28. The van der Waals surface area contributed by atoms with Crippen LogP contribution in [0.5, 0.6) is 5.75 Å². The fourth-order valence-corrected chi connectivity index (χ4v) is 2.60. The van der Waals surface area contributed by atoms with E-state index in [2.05, 4.69) is 5.32 Å². The first-order valence-corrected chi connectivity index (χ1v) is 6.73. The van der Waals surface area contributed by atoms with Crippen molar-refractivity contribution in [2.75, 3.05) is 13.7 Å². The lowest BCUT2D eigenvalue weighted by Gasteiger charge is -2.14. The van der Waals surface area contributed by atoms with Gasteiger partial charge in [0.1, 0.15) is 5.75 Å². The third kappa shape index (κ3) is 3.62. The van der Waals surface area contributed by atoms with E-state index in [0.717, 1.165) is 35.4 Å². The Morgan fingerprint density at radius 3 is 2.82 bits per heavy atom. The van der Waals surface area contributed by atoms with E-state index >= 15 is 0 Å². The molecule has 1 aromatic carbocycles. The third-order valence-corrected chi connectivity index (χ3v) is 3.57. The topological polar surface area (TPSA) is 21.3 Å². The average Bonchev–Trinajstić information content (AvgIpc) is 2.81. The van der Waals surface area contributed by atoms with Crippen molar-refractivity contribution >= 4 is 11.6 Å². The van der Waals surface area contributed by atoms with Crippen molar-refractivity contribution in [1.82, 2.24) is 5.32 Å². The maximum absolute atomic E-state index is 6.00. The monoisotopic (exact) mass is 253 g/mol. The van der Waals surface area contributed by atoms with E-state index in [1.807, 2.05) is 25.2 Å². The average molecular weight is 254 g/mol. The minimum Gasteiger partial charge on any atom is -0.493 e. The van der Waals surface area contributed by atoms with E-state index in [1.165, 1.54) is 25.7 Å². The van der Waals surface area contributed by atoms with Crippen LogP contribution in [0.1, 0.15) is 31.2 Å². The molecule has 0 atom stereocenters. The molecule has 1 aliphatic carbocycles. The van der Waals surface area contributed by atoms with Crippen LogP contribution in [0.4, 0.5) is 0 Å². The molecule has 0 saturated heterocycles. The summed E-state index contributed by atoms with van der Waals surface area (Å²) in [6.45, 7) is 1.64. The summed E-state index contributed by atoms with van der Waals surface area (Å²) < 4.78 is 5.93. The normalized spacial score (nSPS) is 16.4. The number of benzene rings is 1. The maximum Gasteiger partial charge on any atom is 0.123 e. The summed E-state index contributed by atoms with van der Waals surface area (Å²) in [5, 5.41) is 3.91. The van der Waals surface area contributed by atoms with Crippen LogP contribution in [-0.4, -0.2) is 13.7 Å². The van der Waals surface area contributed by atoms with Crippen molar-refractivity contribution in [3.63, 3.8) is 0 Å². The summed E-state index contributed by atoms with van der Waals surface area (Å²) in [5.74, 6) is 1.71. The smallest absolute Gasteiger partial charge is 0.123 e. The summed E-state index contributed by atoms with van der Waals surface area (Å²) in [6.07, 6.45) is 5.35. The molecule has 0 bridgehead atoms. The first-order valence-electron chi connectivity index (χ1n) is 6.35. The Morgan fingerprint density at radius 2 is 2.12 bits per heavy atom. The zero-order valence-corrected chi connectivity index (χ0v) is 11.1. The molecule has 0 unspecified atom stereocenters. The summed E-state index contributed by atoms with van der Waals surface area (Å²) >= 11 is 6.00. The first-order chi connectivity index (χ1) is 8.29. The Kier molecular flexibility index (Phi) is 4.69. The van der Waals surface area contributed by atoms with Crippen LogP contribution in [0.3, 0.4) is 0 Å². The molecule has 1 N–H and O–H groups in total. The quantitative estimate of drug-likeness (QED) is 0.865. The summed E-state index contributed by atoms with van der Waals surface area (Å²) in [5.41, 5.74) is 1.14. The molecule has 0 heterocycles. The van der Waals surface area contributed by atoms with Gasteiger partial charge < -0.3 is 10.1 Å². The van der Waals surface area contributed by atoms with Gasteiger partial charge in [-0.25, -0.2) is 0 Å². The number of nitrogens with one attached hydrogen (secondary N) is 1. The second-order valence-corrected chi connectivity index (χ2v) is 5.18. The zero-order valence-electron chi connectivity index (χ0n) is 10.3. The van der Waals surface area contributed by atoms with Crippen LogP contribution >= 0.6 is 11.6 Å². The molecule has 1 fully saturated rings. The van der Waals surface area contributed by atoms with E-state index in [9.17, 15) is 0 Å². The minimum atomic E-state index is 0.744. The third-order valence-electron chi connectivity index (χ3n) is 3.34. The molecule has 0 aliphatic heterocycles. The molecule has 1 saturated carbocycles. The van der Waals surface area contributed by atoms with E-state index in [1.54, 1.807) is 0 Å². The molecule has 2 nitrogen and oxygen atoms in total. The zero-order chi connectivity index (χ0) is 12.1. The summed E-state index contributed by atoms with van der Waals surface area (Å²) in [7, 11) is 1.93. The molecule has 0 radical (unpaired) electrons. The Labute approximate surface area is 108 Å². The van der Waals surface area contributed by atoms with Crippen LogP contribution < -0.4 is 10.1 Å². The SMILES string of the molecule is CNCc1cc(Cl)ccc1OCC1CCCC1. The predicted octanol–water partition coefficient (Wildman–Crippen LogP) is 3.63. The van der Waals surface area contributed by atoms with Gasteiger partial charge in [-0.1, -0.05) is 24.4 Å². The molecule has 0 amide bonds. The van der Waals surface area contributed by atoms with Crippen LogP contribution in [0.2, 0.25) is 5.02 Å². The number of halogens is 1. The molecule has 17 heavy (non-hydrogen) atoms. The lowest BCUT2D eigenvalue weighted by atomic mass is 10.1. The van der Waals surface area contributed by atoms with Gasteiger partial charge >= 0.3 is 0 Å². The molecule has 2 rings (SSSR count). The van der Waals surface area contributed by atoms with Gasteiger partial charge in [-0.3, -0.25) is 0 Å². The second-order valence-electron chi connectivity index (χ2n) is 4.74. The van der Waals surface area contributed by atoms with Gasteiger partial charge in [-0.15, -0.1) is 0 Å². The molecular formula is C14H20ClNO. The highest BCUT2D eigenvalue weighted by atomic mass is 35.5. The first kappa shape index (κ1) is 12.7. The van der Waals surface area contributed by atoms with Crippen molar-refractivity contribution in [2.45, 2.75) is 32.2 Å². The van der Waals surface area contributed by atoms with Gasteiger partial charge in [0.2, 0.25) is 0 Å². The molecule has 3 heteroatoms.